The number of sulfonamides is 1. The normalized spacial score (nSPS) is 20.5. The Hall–Kier alpha value is -1.70. The number of hydrogen-bond donors (Lipinski definition) is 1. The van der Waals surface area contributed by atoms with Crippen molar-refractivity contribution in [1.29, 1.82) is 0 Å². The minimum absolute atomic E-state index is 0.0854. The van der Waals surface area contributed by atoms with Gasteiger partial charge in [0.1, 0.15) is 0 Å². The van der Waals surface area contributed by atoms with Crippen molar-refractivity contribution < 1.29 is 17.9 Å². The van der Waals surface area contributed by atoms with Gasteiger partial charge in [-0.3, -0.25) is 14.5 Å². The van der Waals surface area contributed by atoms with E-state index in [1.54, 1.807) is 0 Å². The Morgan fingerprint density at radius 2 is 2.25 bits per heavy atom. The molecule has 16 heavy (non-hydrogen) atoms. The maximum absolute atomic E-state index is 11.7. The molecule has 0 bridgehead atoms. The molecule has 1 aromatic heterocycles. The van der Waals surface area contributed by atoms with Crippen LogP contribution < -0.4 is 4.72 Å². The molecule has 1 saturated heterocycles. The molecule has 1 aliphatic heterocycles. The van der Waals surface area contributed by atoms with Gasteiger partial charge in [-0.25, -0.2) is 13.4 Å². The fourth-order valence-electron chi connectivity index (χ4n) is 1.33. The summed E-state index contributed by atoms with van der Waals surface area (Å²) in [6, 6.07) is 0. The first kappa shape index (κ1) is 10.8. The zero-order valence-corrected chi connectivity index (χ0v) is 8.98. The van der Waals surface area contributed by atoms with Crippen molar-refractivity contribution in [3.05, 3.63) is 18.6 Å². The summed E-state index contributed by atoms with van der Waals surface area (Å²) in [5.74, 6) is -0.640. The number of anilines is 1. The number of ether oxygens (including phenoxy) is 1. The van der Waals surface area contributed by atoms with Crippen molar-refractivity contribution >= 4 is 21.8 Å². The molecule has 0 spiro atoms. The fraction of sp³-hybridized carbons (Fsp3) is 0.375. The van der Waals surface area contributed by atoms with Crippen LogP contribution in [-0.2, 0) is 19.6 Å². The van der Waals surface area contributed by atoms with E-state index >= 15 is 0 Å². The molecule has 1 aromatic rings. The molecular weight excluding hydrogens is 234 g/mol. The SMILES string of the molecule is O=C1OCCC1S(=O)(=O)Nc1cnccn1. The summed E-state index contributed by atoms with van der Waals surface area (Å²) in [6.45, 7) is 0.130. The van der Waals surface area contributed by atoms with Crippen LogP contribution in [0.5, 0.6) is 0 Å². The second-order valence-electron chi connectivity index (χ2n) is 3.18. The average molecular weight is 243 g/mol. The van der Waals surface area contributed by atoms with Crippen LogP contribution in [0.4, 0.5) is 5.82 Å². The predicted octanol–water partition coefficient (Wildman–Crippen LogP) is -0.466. The van der Waals surface area contributed by atoms with E-state index in [1.807, 2.05) is 0 Å². The number of aromatic nitrogens is 2. The smallest absolute Gasteiger partial charge is 0.326 e. The molecule has 0 amide bonds. The van der Waals surface area contributed by atoms with E-state index in [1.165, 1.54) is 18.6 Å². The van der Waals surface area contributed by atoms with Gasteiger partial charge in [0, 0.05) is 18.8 Å². The van der Waals surface area contributed by atoms with E-state index in [2.05, 4.69) is 19.4 Å². The first-order valence-corrected chi connectivity index (χ1v) is 6.08. The lowest BCUT2D eigenvalue weighted by Crippen LogP contribution is -2.31. The second-order valence-corrected chi connectivity index (χ2v) is 5.05. The molecule has 7 nitrogen and oxygen atoms in total. The molecule has 86 valence electrons. The molecule has 2 heterocycles. The number of nitrogens with one attached hydrogen (secondary N) is 1. The van der Waals surface area contributed by atoms with Crippen LogP contribution in [0.2, 0.25) is 0 Å². The Kier molecular flexibility index (Phi) is 2.73. The molecular formula is C8H9N3O4S. The van der Waals surface area contributed by atoms with Crippen molar-refractivity contribution in [3.8, 4) is 0 Å². The van der Waals surface area contributed by atoms with Crippen molar-refractivity contribution in [2.75, 3.05) is 11.3 Å². The number of carbonyl (C=O) groups excluding carboxylic acids is 1. The summed E-state index contributed by atoms with van der Waals surface area (Å²) in [5.41, 5.74) is 0. The highest BCUT2D eigenvalue weighted by molar-refractivity contribution is 7.94. The number of esters is 1. The van der Waals surface area contributed by atoms with Gasteiger partial charge in [0.15, 0.2) is 11.1 Å². The topological polar surface area (TPSA) is 98.2 Å². The number of hydrogen-bond acceptors (Lipinski definition) is 6. The highest BCUT2D eigenvalue weighted by Crippen LogP contribution is 2.17. The van der Waals surface area contributed by atoms with Crippen molar-refractivity contribution in [2.24, 2.45) is 0 Å². The summed E-state index contributed by atoms with van der Waals surface area (Å²) < 4.78 is 30.2. The van der Waals surface area contributed by atoms with Crippen LogP contribution in [0.1, 0.15) is 6.42 Å². The van der Waals surface area contributed by atoms with Crippen LogP contribution in [-0.4, -0.2) is 36.2 Å². The van der Waals surface area contributed by atoms with Gasteiger partial charge in [-0.2, -0.15) is 0 Å². The highest BCUT2D eigenvalue weighted by Gasteiger charge is 2.38. The van der Waals surface area contributed by atoms with Crippen LogP contribution in [0.25, 0.3) is 0 Å². The Bertz CT molecular complexity index is 487. The third-order valence-electron chi connectivity index (χ3n) is 2.07. The van der Waals surface area contributed by atoms with Crippen molar-refractivity contribution in [2.45, 2.75) is 11.7 Å². The second kappa shape index (κ2) is 4.05. The largest absolute Gasteiger partial charge is 0.465 e. The minimum atomic E-state index is -3.79. The van der Waals surface area contributed by atoms with Crippen molar-refractivity contribution in [3.63, 3.8) is 0 Å². The standard InChI is InChI=1S/C8H9N3O4S/c12-8-6(1-4-15-8)16(13,14)11-7-5-9-2-3-10-7/h2-3,5-6H,1,4H2,(H,10,11). The van der Waals surface area contributed by atoms with Crippen molar-refractivity contribution in [1.82, 2.24) is 9.97 Å². The summed E-state index contributed by atoms with van der Waals surface area (Å²) >= 11 is 0. The molecule has 0 aliphatic carbocycles. The molecule has 1 unspecified atom stereocenters. The fourth-order valence-corrected chi connectivity index (χ4v) is 2.59. The van der Waals surface area contributed by atoms with Crippen LogP contribution in [0.15, 0.2) is 18.6 Å². The summed E-state index contributed by atoms with van der Waals surface area (Å²) in [5, 5.41) is -1.16. The third-order valence-corrected chi connectivity index (χ3v) is 3.74. The molecule has 0 saturated carbocycles. The molecule has 1 fully saturated rings. The maximum atomic E-state index is 11.7. The lowest BCUT2D eigenvalue weighted by Gasteiger charge is -2.09. The van der Waals surface area contributed by atoms with E-state index in [0.29, 0.717) is 0 Å². The summed E-state index contributed by atoms with van der Waals surface area (Å²) in [4.78, 5) is 18.6. The zero-order chi connectivity index (χ0) is 11.6. The van der Waals surface area contributed by atoms with Gasteiger partial charge in [-0.15, -0.1) is 0 Å². The first-order valence-electron chi connectivity index (χ1n) is 4.54. The Balaban J connectivity index is 2.18. The highest BCUT2D eigenvalue weighted by atomic mass is 32.2. The molecule has 1 aliphatic rings. The molecule has 1 atom stereocenters. The Morgan fingerprint density at radius 1 is 1.44 bits per heavy atom. The summed E-state index contributed by atoms with van der Waals surface area (Å²) in [6.07, 6.45) is 4.19. The van der Waals surface area contributed by atoms with Gasteiger partial charge >= 0.3 is 5.97 Å². The quantitative estimate of drug-likeness (QED) is 0.721. The van der Waals surface area contributed by atoms with E-state index in [9.17, 15) is 13.2 Å². The minimum Gasteiger partial charge on any atom is -0.465 e. The molecule has 8 heteroatoms. The lowest BCUT2D eigenvalue weighted by molar-refractivity contribution is -0.137. The monoisotopic (exact) mass is 243 g/mol. The van der Waals surface area contributed by atoms with E-state index in [-0.39, 0.29) is 18.8 Å². The van der Waals surface area contributed by atoms with Crippen LogP contribution in [0.3, 0.4) is 0 Å². The molecule has 2 rings (SSSR count). The first-order chi connectivity index (χ1) is 7.59. The van der Waals surface area contributed by atoms with Gasteiger partial charge in [-0.05, 0) is 0 Å². The molecule has 1 N–H and O–H groups in total. The third kappa shape index (κ3) is 2.11. The molecule has 0 aromatic carbocycles. The van der Waals surface area contributed by atoms with Crippen LogP contribution in [0, 0.1) is 0 Å². The molecule has 0 radical (unpaired) electrons. The number of nitrogens with zero attached hydrogens (tertiary/aromatic N) is 2. The number of cyclic esters (lactones) is 1. The van der Waals surface area contributed by atoms with Gasteiger partial charge in [0.25, 0.3) is 0 Å². The van der Waals surface area contributed by atoms with Gasteiger partial charge in [-0.1, -0.05) is 0 Å². The average Bonchev–Trinajstić information content (AvgIpc) is 2.66. The van der Waals surface area contributed by atoms with E-state index in [0.717, 1.165) is 0 Å². The Morgan fingerprint density at radius 3 is 2.81 bits per heavy atom. The van der Waals surface area contributed by atoms with Gasteiger partial charge in [0.2, 0.25) is 10.0 Å². The summed E-state index contributed by atoms with van der Waals surface area (Å²) in [7, 11) is -3.79. The predicted molar refractivity (Wildman–Crippen MR) is 53.9 cm³/mol. The van der Waals surface area contributed by atoms with Gasteiger partial charge in [0.05, 0.1) is 12.8 Å². The van der Waals surface area contributed by atoms with Gasteiger partial charge < -0.3 is 4.74 Å². The number of carbonyl (C=O) groups is 1. The lowest BCUT2D eigenvalue weighted by atomic mass is 10.4. The maximum Gasteiger partial charge on any atom is 0.326 e. The Labute approximate surface area is 91.9 Å². The zero-order valence-electron chi connectivity index (χ0n) is 8.16. The van der Waals surface area contributed by atoms with Crippen LogP contribution >= 0.6 is 0 Å². The number of rotatable bonds is 3. The van der Waals surface area contributed by atoms with E-state index < -0.39 is 21.2 Å². The van der Waals surface area contributed by atoms with E-state index in [4.69, 9.17) is 0 Å².